The lowest BCUT2D eigenvalue weighted by molar-refractivity contribution is 0.244. The lowest BCUT2D eigenvalue weighted by Crippen LogP contribution is -2.46. The van der Waals surface area contributed by atoms with Gasteiger partial charge in [0.15, 0.2) is 0 Å². The van der Waals surface area contributed by atoms with E-state index in [1.54, 1.807) is 0 Å². The molecule has 3 rings (SSSR count). The largest absolute Gasteiger partial charge is 0.367 e. The molecule has 2 atom stereocenters. The Morgan fingerprint density at radius 2 is 2.00 bits per heavy atom. The Balaban J connectivity index is 1.82. The van der Waals surface area contributed by atoms with E-state index in [0.29, 0.717) is 12.0 Å². The molecule has 2 fully saturated rings. The summed E-state index contributed by atoms with van der Waals surface area (Å²) < 4.78 is 4.10. The summed E-state index contributed by atoms with van der Waals surface area (Å²) in [5.41, 5.74) is 5.61. The van der Waals surface area contributed by atoms with Crippen molar-refractivity contribution in [2.24, 2.45) is 5.92 Å². The molecule has 1 aliphatic carbocycles. The second-order valence-electron chi connectivity index (χ2n) is 4.88. The summed E-state index contributed by atoms with van der Waals surface area (Å²) in [7, 11) is 0. The van der Waals surface area contributed by atoms with Crippen LogP contribution in [0.3, 0.4) is 0 Å². The van der Waals surface area contributed by atoms with Crippen molar-refractivity contribution in [3.05, 3.63) is 0 Å². The SMILES string of the molecule is Nc1nsc(N2CCC[C@H]3CCCC[C@H]32)n1. The molecule has 0 bridgehead atoms. The van der Waals surface area contributed by atoms with Crippen LogP contribution in [0.4, 0.5) is 11.1 Å². The Kier molecular flexibility index (Phi) is 2.71. The minimum Gasteiger partial charge on any atom is -0.367 e. The van der Waals surface area contributed by atoms with E-state index in [9.17, 15) is 0 Å². The van der Waals surface area contributed by atoms with Crippen LogP contribution < -0.4 is 10.6 Å². The Labute approximate surface area is 100 Å². The third kappa shape index (κ3) is 1.77. The van der Waals surface area contributed by atoms with Crippen molar-refractivity contribution < 1.29 is 0 Å². The minimum absolute atomic E-state index is 0.429. The topological polar surface area (TPSA) is 55.0 Å². The second kappa shape index (κ2) is 4.20. The maximum absolute atomic E-state index is 5.61. The molecule has 88 valence electrons. The van der Waals surface area contributed by atoms with Gasteiger partial charge >= 0.3 is 0 Å². The van der Waals surface area contributed by atoms with Crippen LogP contribution in [0, 0.1) is 5.92 Å². The van der Waals surface area contributed by atoms with Crippen LogP contribution >= 0.6 is 11.5 Å². The monoisotopic (exact) mass is 238 g/mol. The third-order valence-electron chi connectivity index (χ3n) is 3.92. The van der Waals surface area contributed by atoms with Gasteiger partial charge in [0.25, 0.3) is 0 Å². The Hall–Kier alpha value is -0.840. The van der Waals surface area contributed by atoms with E-state index in [2.05, 4.69) is 14.3 Å². The standard InChI is InChI=1S/C11H18N4S/c12-10-13-11(16-14-10)15-7-3-5-8-4-1-2-6-9(8)15/h8-9H,1-7H2,(H2,12,14)/t8-,9-/m1/s1. The molecule has 1 aliphatic heterocycles. The van der Waals surface area contributed by atoms with Gasteiger partial charge in [-0.3, -0.25) is 0 Å². The first-order valence-electron chi connectivity index (χ1n) is 6.20. The number of hydrogen-bond acceptors (Lipinski definition) is 5. The van der Waals surface area contributed by atoms with Gasteiger partial charge < -0.3 is 10.6 Å². The zero-order valence-corrected chi connectivity index (χ0v) is 10.2. The zero-order valence-electron chi connectivity index (χ0n) is 9.43. The predicted molar refractivity (Wildman–Crippen MR) is 66.6 cm³/mol. The zero-order chi connectivity index (χ0) is 11.0. The number of rotatable bonds is 1. The molecule has 1 aromatic heterocycles. The first kappa shape index (κ1) is 10.3. The van der Waals surface area contributed by atoms with Gasteiger partial charge in [0.2, 0.25) is 11.1 Å². The molecule has 1 saturated heterocycles. The lowest BCUT2D eigenvalue weighted by Gasteiger charge is -2.43. The van der Waals surface area contributed by atoms with Gasteiger partial charge in [-0.1, -0.05) is 12.8 Å². The number of piperidine rings is 1. The molecule has 0 spiro atoms. The molecule has 2 heterocycles. The van der Waals surface area contributed by atoms with E-state index >= 15 is 0 Å². The summed E-state index contributed by atoms with van der Waals surface area (Å²) in [6.45, 7) is 1.13. The maximum atomic E-state index is 5.61. The normalized spacial score (nSPS) is 30.1. The number of nitrogens with two attached hydrogens (primary N) is 1. The molecule has 2 aliphatic rings. The fraction of sp³-hybridized carbons (Fsp3) is 0.818. The Morgan fingerprint density at radius 3 is 2.81 bits per heavy atom. The first-order chi connectivity index (χ1) is 7.84. The van der Waals surface area contributed by atoms with Crippen LogP contribution in [0.1, 0.15) is 38.5 Å². The molecular weight excluding hydrogens is 220 g/mol. The fourth-order valence-electron chi connectivity index (χ4n) is 3.21. The van der Waals surface area contributed by atoms with Crippen LogP contribution in [-0.2, 0) is 0 Å². The highest BCUT2D eigenvalue weighted by Gasteiger charge is 2.34. The number of nitrogens with zero attached hydrogens (tertiary/aromatic N) is 3. The van der Waals surface area contributed by atoms with Crippen LogP contribution in [0.15, 0.2) is 0 Å². The quantitative estimate of drug-likeness (QED) is 0.815. The average molecular weight is 238 g/mol. The first-order valence-corrected chi connectivity index (χ1v) is 6.98. The second-order valence-corrected chi connectivity index (χ2v) is 5.61. The molecule has 1 saturated carbocycles. The molecular formula is C11H18N4S. The molecule has 0 radical (unpaired) electrons. The van der Waals surface area contributed by atoms with Gasteiger partial charge in [-0.05, 0) is 31.6 Å². The molecule has 0 amide bonds. The molecule has 0 unspecified atom stereocenters. The fourth-order valence-corrected chi connectivity index (χ4v) is 3.89. The predicted octanol–water partition coefficient (Wildman–Crippen LogP) is 2.28. The van der Waals surface area contributed by atoms with Crippen LogP contribution in [0.25, 0.3) is 0 Å². The van der Waals surface area contributed by atoms with Gasteiger partial charge in [0.05, 0.1) is 0 Å². The average Bonchev–Trinajstić information content (AvgIpc) is 2.75. The van der Waals surface area contributed by atoms with Gasteiger partial charge in [-0.25, -0.2) is 0 Å². The highest BCUT2D eigenvalue weighted by atomic mass is 32.1. The van der Waals surface area contributed by atoms with Crippen molar-refractivity contribution in [3.63, 3.8) is 0 Å². The Bertz CT molecular complexity index is 363. The summed E-state index contributed by atoms with van der Waals surface area (Å²) in [4.78, 5) is 6.80. The van der Waals surface area contributed by atoms with E-state index in [1.165, 1.54) is 50.1 Å². The van der Waals surface area contributed by atoms with Crippen molar-refractivity contribution in [1.82, 2.24) is 9.36 Å². The highest BCUT2D eigenvalue weighted by molar-refractivity contribution is 7.09. The smallest absolute Gasteiger partial charge is 0.233 e. The molecule has 2 N–H and O–H groups in total. The summed E-state index contributed by atoms with van der Waals surface area (Å²) in [6, 6.07) is 0.704. The number of anilines is 2. The van der Waals surface area contributed by atoms with Crippen LogP contribution in [0.2, 0.25) is 0 Å². The van der Waals surface area contributed by atoms with E-state index in [4.69, 9.17) is 5.73 Å². The molecule has 4 nitrogen and oxygen atoms in total. The number of hydrogen-bond donors (Lipinski definition) is 1. The Morgan fingerprint density at radius 1 is 1.19 bits per heavy atom. The van der Waals surface area contributed by atoms with Gasteiger partial charge in [0.1, 0.15) is 0 Å². The van der Waals surface area contributed by atoms with Crippen molar-refractivity contribution in [1.29, 1.82) is 0 Å². The summed E-state index contributed by atoms with van der Waals surface area (Å²) in [6.07, 6.45) is 8.19. The van der Waals surface area contributed by atoms with E-state index < -0.39 is 0 Å². The maximum Gasteiger partial charge on any atom is 0.233 e. The van der Waals surface area contributed by atoms with Crippen molar-refractivity contribution in [2.75, 3.05) is 17.2 Å². The summed E-state index contributed by atoms with van der Waals surface area (Å²) >= 11 is 1.45. The van der Waals surface area contributed by atoms with Gasteiger partial charge in [-0.2, -0.15) is 9.36 Å². The molecule has 0 aromatic carbocycles. The van der Waals surface area contributed by atoms with E-state index in [1.807, 2.05) is 0 Å². The van der Waals surface area contributed by atoms with Crippen LogP contribution in [0.5, 0.6) is 0 Å². The highest BCUT2D eigenvalue weighted by Crippen LogP contribution is 2.38. The van der Waals surface area contributed by atoms with Crippen molar-refractivity contribution >= 4 is 22.6 Å². The number of fused-ring (bicyclic) bond motifs is 1. The summed E-state index contributed by atoms with van der Waals surface area (Å²) in [5, 5.41) is 1.04. The molecule has 1 aromatic rings. The lowest BCUT2D eigenvalue weighted by atomic mass is 9.78. The molecule has 16 heavy (non-hydrogen) atoms. The van der Waals surface area contributed by atoms with Gasteiger partial charge in [0, 0.05) is 24.1 Å². The summed E-state index contributed by atoms with van der Waals surface area (Å²) in [5.74, 6) is 1.31. The number of nitrogen functional groups attached to an aromatic ring is 1. The number of aromatic nitrogens is 2. The van der Waals surface area contributed by atoms with Gasteiger partial charge in [-0.15, -0.1) is 0 Å². The third-order valence-corrected chi connectivity index (χ3v) is 4.69. The van der Waals surface area contributed by atoms with Crippen LogP contribution in [-0.4, -0.2) is 21.9 Å². The van der Waals surface area contributed by atoms with Crippen molar-refractivity contribution in [2.45, 2.75) is 44.6 Å². The minimum atomic E-state index is 0.429. The van der Waals surface area contributed by atoms with E-state index in [0.717, 1.165) is 17.6 Å². The van der Waals surface area contributed by atoms with Crippen molar-refractivity contribution in [3.8, 4) is 0 Å². The molecule has 5 heteroatoms. The van der Waals surface area contributed by atoms with E-state index in [-0.39, 0.29) is 0 Å².